The summed E-state index contributed by atoms with van der Waals surface area (Å²) in [6.45, 7) is 2.95. The minimum Gasteiger partial charge on any atom is -0.350 e. The van der Waals surface area contributed by atoms with Gasteiger partial charge in [0.15, 0.2) is 5.69 Å². The smallest absolute Gasteiger partial charge is 0.272 e. The van der Waals surface area contributed by atoms with E-state index in [0.29, 0.717) is 25.0 Å². The highest BCUT2D eigenvalue weighted by Gasteiger charge is 2.21. The van der Waals surface area contributed by atoms with Crippen molar-refractivity contribution in [2.45, 2.75) is 45.6 Å². The molecule has 2 aromatic heterocycles. The molecule has 32 heavy (non-hydrogen) atoms. The molecule has 0 fully saturated rings. The standard InChI is InChI=1S/C25H25FN4OS/c1-16-9-11-17(12-10-16)15-30-20-7-4-5-18(26)23(20)24(29-30)25(31)27-14-13-22-28-19-6-2-3-8-21(19)32-22/h4-5,7,9-12H,2-3,6,8,13-15H2,1H3,(H,27,31). The van der Waals surface area contributed by atoms with Gasteiger partial charge in [-0.25, -0.2) is 9.37 Å². The molecule has 0 radical (unpaired) electrons. The number of nitrogens with zero attached hydrogens (tertiary/aromatic N) is 3. The molecule has 1 N–H and O–H groups in total. The van der Waals surface area contributed by atoms with Crippen molar-refractivity contribution in [3.8, 4) is 0 Å². The molecule has 2 aromatic carbocycles. The molecule has 0 spiro atoms. The van der Waals surface area contributed by atoms with Gasteiger partial charge in [0.25, 0.3) is 5.91 Å². The number of aromatic nitrogens is 3. The molecule has 5 rings (SSSR count). The zero-order valence-electron chi connectivity index (χ0n) is 18.0. The van der Waals surface area contributed by atoms with Crippen molar-refractivity contribution in [1.29, 1.82) is 0 Å². The number of rotatable bonds is 6. The maximum atomic E-state index is 14.7. The van der Waals surface area contributed by atoms with Gasteiger partial charge in [0.1, 0.15) is 5.82 Å². The maximum absolute atomic E-state index is 14.7. The molecule has 1 amide bonds. The van der Waals surface area contributed by atoms with Gasteiger partial charge in [0, 0.05) is 17.8 Å². The Morgan fingerprint density at radius 3 is 2.78 bits per heavy atom. The molecule has 0 saturated carbocycles. The van der Waals surface area contributed by atoms with Gasteiger partial charge in [0.2, 0.25) is 0 Å². The predicted molar refractivity (Wildman–Crippen MR) is 125 cm³/mol. The molecule has 5 nitrogen and oxygen atoms in total. The quantitative estimate of drug-likeness (QED) is 0.459. The van der Waals surface area contributed by atoms with Crippen LogP contribution in [0.25, 0.3) is 10.9 Å². The van der Waals surface area contributed by atoms with Crippen LogP contribution in [0.15, 0.2) is 42.5 Å². The van der Waals surface area contributed by atoms with Gasteiger partial charge in [-0.05, 0) is 50.3 Å². The Bertz CT molecular complexity index is 1250. The summed E-state index contributed by atoms with van der Waals surface area (Å²) in [5.74, 6) is -0.792. The fourth-order valence-electron chi connectivity index (χ4n) is 4.21. The fourth-order valence-corrected chi connectivity index (χ4v) is 5.37. The summed E-state index contributed by atoms with van der Waals surface area (Å²) in [4.78, 5) is 19.1. The van der Waals surface area contributed by atoms with Crippen LogP contribution in [0, 0.1) is 12.7 Å². The molecular weight excluding hydrogens is 423 g/mol. The van der Waals surface area contributed by atoms with Gasteiger partial charge < -0.3 is 5.32 Å². The van der Waals surface area contributed by atoms with Crippen LogP contribution in [0.2, 0.25) is 0 Å². The third-order valence-electron chi connectivity index (χ3n) is 5.91. The van der Waals surface area contributed by atoms with E-state index in [2.05, 4.69) is 10.4 Å². The molecule has 0 aliphatic heterocycles. The van der Waals surface area contributed by atoms with E-state index in [1.807, 2.05) is 31.2 Å². The van der Waals surface area contributed by atoms with Gasteiger partial charge in [-0.3, -0.25) is 9.48 Å². The van der Waals surface area contributed by atoms with E-state index in [1.165, 1.54) is 35.0 Å². The summed E-state index contributed by atoms with van der Waals surface area (Å²) < 4.78 is 16.4. The summed E-state index contributed by atoms with van der Waals surface area (Å²) in [5.41, 5.74) is 4.19. The van der Waals surface area contributed by atoms with Crippen molar-refractivity contribution in [3.63, 3.8) is 0 Å². The van der Waals surface area contributed by atoms with Gasteiger partial charge in [-0.1, -0.05) is 35.9 Å². The topological polar surface area (TPSA) is 59.8 Å². The minimum absolute atomic E-state index is 0.128. The van der Waals surface area contributed by atoms with E-state index < -0.39 is 5.82 Å². The predicted octanol–water partition coefficient (Wildman–Crippen LogP) is 4.84. The minimum atomic E-state index is -0.435. The average molecular weight is 449 g/mol. The summed E-state index contributed by atoms with van der Waals surface area (Å²) in [6, 6.07) is 12.9. The summed E-state index contributed by atoms with van der Waals surface area (Å²) in [6.07, 6.45) is 5.28. The van der Waals surface area contributed by atoms with Gasteiger partial charge in [-0.15, -0.1) is 11.3 Å². The Kier molecular flexibility index (Phi) is 5.74. The lowest BCUT2D eigenvalue weighted by atomic mass is 10.0. The first kappa shape index (κ1) is 20.8. The molecule has 2 heterocycles. The third-order valence-corrected chi connectivity index (χ3v) is 7.13. The lowest BCUT2D eigenvalue weighted by Gasteiger charge is -2.06. The molecule has 0 bridgehead atoms. The van der Waals surface area contributed by atoms with Crippen molar-refractivity contribution < 1.29 is 9.18 Å². The number of carbonyl (C=O) groups is 1. The van der Waals surface area contributed by atoms with Crippen molar-refractivity contribution in [3.05, 3.63) is 80.7 Å². The van der Waals surface area contributed by atoms with Gasteiger partial charge >= 0.3 is 0 Å². The summed E-state index contributed by atoms with van der Waals surface area (Å²) in [7, 11) is 0. The number of halogens is 1. The second kappa shape index (κ2) is 8.82. The number of nitrogens with one attached hydrogen (secondary N) is 1. The third kappa shape index (κ3) is 4.17. The first-order chi connectivity index (χ1) is 15.6. The molecule has 4 aromatic rings. The Labute approximate surface area is 190 Å². The summed E-state index contributed by atoms with van der Waals surface area (Å²) in [5, 5.41) is 8.73. The normalized spacial score (nSPS) is 13.3. The molecule has 1 aliphatic carbocycles. The molecule has 0 saturated heterocycles. The van der Waals surface area contributed by atoms with Gasteiger partial charge in [-0.2, -0.15) is 5.10 Å². The summed E-state index contributed by atoms with van der Waals surface area (Å²) >= 11 is 1.75. The number of carbonyl (C=O) groups excluding carboxylic acids is 1. The van der Waals surface area contributed by atoms with E-state index in [9.17, 15) is 9.18 Å². The van der Waals surface area contributed by atoms with Crippen LogP contribution in [-0.4, -0.2) is 27.2 Å². The number of hydrogen-bond donors (Lipinski definition) is 1. The highest BCUT2D eigenvalue weighted by molar-refractivity contribution is 7.11. The average Bonchev–Trinajstić information content (AvgIpc) is 3.37. The van der Waals surface area contributed by atoms with Crippen molar-refractivity contribution in [2.75, 3.05) is 6.54 Å². The van der Waals surface area contributed by atoms with Gasteiger partial charge in [0.05, 0.1) is 28.1 Å². The number of aryl methyl sites for hydroxylation is 3. The maximum Gasteiger partial charge on any atom is 0.272 e. The Morgan fingerprint density at radius 1 is 1.16 bits per heavy atom. The van der Waals surface area contributed by atoms with Crippen LogP contribution in [0.1, 0.15) is 50.0 Å². The van der Waals surface area contributed by atoms with E-state index in [0.717, 1.165) is 23.4 Å². The number of thiazole rings is 1. The molecule has 1 aliphatic rings. The zero-order valence-corrected chi connectivity index (χ0v) is 18.8. The van der Waals surface area contributed by atoms with Crippen LogP contribution in [0.4, 0.5) is 4.39 Å². The van der Waals surface area contributed by atoms with E-state index >= 15 is 0 Å². The number of hydrogen-bond acceptors (Lipinski definition) is 4. The first-order valence-corrected chi connectivity index (χ1v) is 11.9. The molecule has 7 heteroatoms. The van der Waals surface area contributed by atoms with E-state index in [-0.39, 0.29) is 17.0 Å². The number of amides is 1. The lowest BCUT2D eigenvalue weighted by Crippen LogP contribution is -2.26. The highest BCUT2D eigenvalue weighted by Crippen LogP contribution is 2.27. The van der Waals surface area contributed by atoms with Crippen molar-refractivity contribution in [2.24, 2.45) is 0 Å². The molecule has 0 atom stereocenters. The number of fused-ring (bicyclic) bond motifs is 2. The molecule has 164 valence electrons. The fraction of sp³-hybridized carbons (Fsp3) is 0.320. The van der Waals surface area contributed by atoms with Crippen LogP contribution >= 0.6 is 11.3 Å². The monoisotopic (exact) mass is 448 g/mol. The largest absolute Gasteiger partial charge is 0.350 e. The van der Waals surface area contributed by atoms with Crippen LogP contribution in [0.3, 0.4) is 0 Å². The van der Waals surface area contributed by atoms with Crippen molar-refractivity contribution in [1.82, 2.24) is 20.1 Å². The molecular formula is C25H25FN4OS. The first-order valence-electron chi connectivity index (χ1n) is 11.0. The second-order valence-corrected chi connectivity index (χ2v) is 9.48. The zero-order chi connectivity index (χ0) is 22.1. The lowest BCUT2D eigenvalue weighted by molar-refractivity contribution is 0.0949. The Morgan fingerprint density at radius 2 is 1.97 bits per heavy atom. The Hall–Kier alpha value is -3.06. The van der Waals surface area contributed by atoms with E-state index in [4.69, 9.17) is 4.98 Å². The van der Waals surface area contributed by atoms with Crippen LogP contribution < -0.4 is 5.32 Å². The van der Waals surface area contributed by atoms with Crippen LogP contribution in [-0.2, 0) is 25.8 Å². The second-order valence-electron chi connectivity index (χ2n) is 8.32. The number of benzene rings is 2. The van der Waals surface area contributed by atoms with Crippen molar-refractivity contribution >= 4 is 28.1 Å². The molecule has 0 unspecified atom stereocenters. The van der Waals surface area contributed by atoms with Crippen LogP contribution in [0.5, 0.6) is 0 Å². The SMILES string of the molecule is Cc1ccc(Cn2nc(C(=O)NCCc3nc4c(s3)CCCC4)c3c(F)cccc32)cc1. The van der Waals surface area contributed by atoms with E-state index in [1.54, 1.807) is 28.2 Å². The Balaban J connectivity index is 1.34. The highest BCUT2D eigenvalue weighted by atomic mass is 32.1.